The smallest absolute Gasteiger partial charge is 0.161 e. The molecule has 5 nitrogen and oxygen atoms in total. The molecule has 1 aliphatic rings. The Kier molecular flexibility index (Phi) is 5.43. The molecule has 5 heteroatoms. The predicted octanol–water partition coefficient (Wildman–Crippen LogP) is 2.55. The number of hydrogen-bond acceptors (Lipinski definition) is 4. The topological polar surface area (TPSA) is 48.3 Å². The number of hydrogen-bond donors (Lipinski definition) is 1. The number of nitrogens with one attached hydrogen (secondary N) is 1. The summed E-state index contributed by atoms with van der Waals surface area (Å²) in [6.45, 7) is 9.10. The molecule has 1 aromatic heterocycles. The van der Waals surface area contributed by atoms with Crippen molar-refractivity contribution < 1.29 is 9.47 Å². The maximum absolute atomic E-state index is 5.54. The molecule has 1 aromatic rings. The molecule has 0 aliphatic carbocycles. The molecular weight excluding hydrogens is 254 g/mol. The van der Waals surface area contributed by atoms with Crippen LogP contribution in [0.3, 0.4) is 0 Å². The molecule has 1 atom stereocenters. The van der Waals surface area contributed by atoms with E-state index in [0.29, 0.717) is 12.0 Å². The average molecular weight is 281 g/mol. The molecule has 0 spiro atoms. The zero-order valence-corrected chi connectivity index (χ0v) is 13.1. The molecule has 0 radical (unpaired) electrons. The van der Waals surface area contributed by atoms with E-state index >= 15 is 0 Å². The van der Waals surface area contributed by atoms with Gasteiger partial charge in [-0.15, -0.1) is 0 Å². The van der Waals surface area contributed by atoms with Crippen LogP contribution in [0.15, 0.2) is 6.20 Å². The minimum atomic E-state index is 0.281. The van der Waals surface area contributed by atoms with Gasteiger partial charge in [0.25, 0.3) is 0 Å². The summed E-state index contributed by atoms with van der Waals surface area (Å²) in [6, 6.07) is 0.610. The van der Waals surface area contributed by atoms with Gasteiger partial charge in [0.05, 0.1) is 25.0 Å². The summed E-state index contributed by atoms with van der Waals surface area (Å²) < 4.78 is 13.1. The lowest BCUT2D eigenvalue weighted by Gasteiger charge is -2.32. The molecule has 1 N–H and O–H groups in total. The van der Waals surface area contributed by atoms with E-state index in [1.54, 1.807) is 7.11 Å². The zero-order chi connectivity index (χ0) is 14.5. The first-order valence-electron chi connectivity index (χ1n) is 7.61. The van der Waals surface area contributed by atoms with Gasteiger partial charge in [-0.1, -0.05) is 6.92 Å². The van der Waals surface area contributed by atoms with E-state index in [1.807, 2.05) is 6.20 Å². The van der Waals surface area contributed by atoms with E-state index in [2.05, 4.69) is 35.9 Å². The maximum Gasteiger partial charge on any atom is 0.161 e. The fraction of sp³-hybridized carbons (Fsp3) is 0.800. The van der Waals surface area contributed by atoms with Gasteiger partial charge in [0, 0.05) is 19.3 Å². The lowest BCUT2D eigenvalue weighted by atomic mass is 9.89. The highest BCUT2D eigenvalue weighted by atomic mass is 16.5. The van der Waals surface area contributed by atoms with E-state index in [9.17, 15) is 0 Å². The molecule has 1 fully saturated rings. The third kappa shape index (κ3) is 3.15. The lowest BCUT2D eigenvalue weighted by Crippen LogP contribution is -2.34. The van der Waals surface area contributed by atoms with Gasteiger partial charge in [-0.05, 0) is 39.2 Å². The molecular formula is C15H27N3O2. The predicted molar refractivity (Wildman–Crippen MR) is 79.1 cm³/mol. The molecule has 1 unspecified atom stereocenters. The van der Waals surface area contributed by atoms with Crippen molar-refractivity contribution in [3.05, 3.63) is 11.9 Å². The first-order chi connectivity index (χ1) is 9.69. The fourth-order valence-corrected chi connectivity index (χ4v) is 2.98. The Bertz CT molecular complexity index is 411. The SMILES string of the molecule is CCNC(c1c(OC)cnn1C(C)C)C1CCOCC1. The number of aromatic nitrogens is 2. The molecule has 0 saturated carbocycles. The standard InChI is InChI=1S/C15H27N3O2/c1-5-16-14(12-6-8-20-9-7-12)15-13(19-4)10-17-18(15)11(2)3/h10-12,14,16H,5-9H2,1-4H3. The normalized spacial score (nSPS) is 18.4. The molecule has 2 rings (SSSR count). The van der Waals surface area contributed by atoms with Crippen molar-refractivity contribution in [3.63, 3.8) is 0 Å². The molecule has 2 heterocycles. The molecule has 0 amide bonds. The monoisotopic (exact) mass is 281 g/mol. The minimum Gasteiger partial charge on any atom is -0.493 e. The highest BCUT2D eigenvalue weighted by Crippen LogP contribution is 2.36. The lowest BCUT2D eigenvalue weighted by molar-refractivity contribution is 0.0521. The van der Waals surface area contributed by atoms with Gasteiger partial charge in [-0.2, -0.15) is 5.10 Å². The van der Waals surface area contributed by atoms with Crippen molar-refractivity contribution in [2.45, 2.75) is 45.7 Å². The highest BCUT2D eigenvalue weighted by Gasteiger charge is 2.30. The highest BCUT2D eigenvalue weighted by molar-refractivity contribution is 5.29. The van der Waals surface area contributed by atoms with Crippen LogP contribution in [0.2, 0.25) is 0 Å². The summed E-state index contributed by atoms with van der Waals surface area (Å²) >= 11 is 0. The van der Waals surface area contributed by atoms with Crippen LogP contribution < -0.4 is 10.1 Å². The maximum atomic E-state index is 5.54. The van der Waals surface area contributed by atoms with Crippen LogP contribution in [-0.4, -0.2) is 36.6 Å². The van der Waals surface area contributed by atoms with Gasteiger partial charge in [-0.25, -0.2) is 0 Å². The summed E-state index contributed by atoms with van der Waals surface area (Å²) in [6.07, 6.45) is 4.01. The van der Waals surface area contributed by atoms with Gasteiger partial charge >= 0.3 is 0 Å². The molecule has 114 valence electrons. The Hall–Kier alpha value is -1.07. The first kappa shape index (κ1) is 15.3. The third-order valence-electron chi connectivity index (χ3n) is 3.96. The van der Waals surface area contributed by atoms with Gasteiger partial charge in [0.15, 0.2) is 5.75 Å². The van der Waals surface area contributed by atoms with Gasteiger partial charge in [-0.3, -0.25) is 4.68 Å². The second kappa shape index (κ2) is 7.09. The summed E-state index contributed by atoms with van der Waals surface area (Å²) in [5.74, 6) is 1.46. The van der Waals surface area contributed by atoms with Crippen LogP contribution in [0.25, 0.3) is 0 Å². The van der Waals surface area contributed by atoms with Crippen molar-refractivity contribution in [2.24, 2.45) is 5.92 Å². The van der Waals surface area contributed by atoms with Gasteiger partial charge in [0.2, 0.25) is 0 Å². The first-order valence-corrected chi connectivity index (χ1v) is 7.61. The van der Waals surface area contributed by atoms with Crippen LogP contribution in [-0.2, 0) is 4.74 Å². The summed E-state index contributed by atoms with van der Waals surface area (Å²) in [5.41, 5.74) is 1.18. The Labute approximate surface area is 121 Å². The van der Waals surface area contributed by atoms with Crippen LogP contribution in [0.4, 0.5) is 0 Å². The number of rotatable bonds is 6. The molecule has 20 heavy (non-hydrogen) atoms. The van der Waals surface area contributed by atoms with Crippen molar-refractivity contribution in [1.82, 2.24) is 15.1 Å². The van der Waals surface area contributed by atoms with Crippen molar-refractivity contribution in [3.8, 4) is 5.75 Å². The van der Waals surface area contributed by atoms with Crippen LogP contribution in [0, 0.1) is 5.92 Å². The molecule has 1 saturated heterocycles. The third-order valence-corrected chi connectivity index (χ3v) is 3.96. The molecule has 1 aliphatic heterocycles. The van der Waals surface area contributed by atoms with Crippen molar-refractivity contribution in [1.29, 1.82) is 0 Å². The Morgan fingerprint density at radius 2 is 2.15 bits per heavy atom. The van der Waals surface area contributed by atoms with Gasteiger partial charge in [0.1, 0.15) is 0 Å². The van der Waals surface area contributed by atoms with E-state index in [4.69, 9.17) is 9.47 Å². The number of ether oxygens (including phenoxy) is 2. The van der Waals surface area contributed by atoms with Crippen LogP contribution in [0.1, 0.15) is 51.4 Å². The number of nitrogens with zero attached hydrogens (tertiary/aromatic N) is 2. The van der Waals surface area contributed by atoms with Gasteiger partial charge < -0.3 is 14.8 Å². The van der Waals surface area contributed by atoms with Crippen molar-refractivity contribution in [2.75, 3.05) is 26.9 Å². The van der Waals surface area contributed by atoms with Crippen LogP contribution in [0.5, 0.6) is 5.75 Å². The quantitative estimate of drug-likeness (QED) is 0.870. The van der Waals surface area contributed by atoms with E-state index in [-0.39, 0.29) is 6.04 Å². The Balaban J connectivity index is 2.33. The molecule has 0 aromatic carbocycles. The largest absolute Gasteiger partial charge is 0.493 e. The van der Waals surface area contributed by atoms with E-state index < -0.39 is 0 Å². The fourth-order valence-electron chi connectivity index (χ4n) is 2.98. The van der Waals surface area contributed by atoms with Crippen LogP contribution >= 0.6 is 0 Å². The molecule has 0 bridgehead atoms. The zero-order valence-electron chi connectivity index (χ0n) is 13.1. The van der Waals surface area contributed by atoms with E-state index in [0.717, 1.165) is 38.3 Å². The summed E-state index contributed by atoms with van der Waals surface area (Å²) in [7, 11) is 1.72. The second-order valence-electron chi connectivity index (χ2n) is 5.62. The Morgan fingerprint density at radius 1 is 1.45 bits per heavy atom. The Morgan fingerprint density at radius 3 is 2.70 bits per heavy atom. The summed E-state index contributed by atoms with van der Waals surface area (Å²) in [4.78, 5) is 0. The van der Waals surface area contributed by atoms with E-state index in [1.165, 1.54) is 5.69 Å². The summed E-state index contributed by atoms with van der Waals surface area (Å²) in [5, 5.41) is 8.13. The minimum absolute atomic E-state index is 0.281. The second-order valence-corrected chi connectivity index (χ2v) is 5.62. The number of methoxy groups -OCH3 is 1. The average Bonchev–Trinajstić information content (AvgIpc) is 2.89. The van der Waals surface area contributed by atoms with Crippen molar-refractivity contribution >= 4 is 0 Å².